The Labute approximate surface area is 193 Å². The van der Waals surface area contributed by atoms with Gasteiger partial charge < -0.3 is 20.7 Å². The number of halogens is 2. The summed E-state index contributed by atoms with van der Waals surface area (Å²) in [6, 6.07) is 13.5. The number of aryl methyl sites for hydroxylation is 1. The van der Waals surface area contributed by atoms with Gasteiger partial charge in [-0.3, -0.25) is 9.59 Å². The lowest BCUT2D eigenvalue weighted by atomic mass is 10.0. The molecule has 1 heterocycles. The lowest BCUT2D eigenvalue weighted by Gasteiger charge is -2.27. The van der Waals surface area contributed by atoms with Gasteiger partial charge in [0.05, 0.1) is 6.04 Å². The normalized spacial score (nSPS) is 18.2. The molecule has 2 aromatic rings. The third-order valence-electron chi connectivity index (χ3n) is 5.63. The first-order valence-electron chi connectivity index (χ1n) is 11.2. The fraction of sp³-hybridized carbons (Fsp3) is 0.440. The van der Waals surface area contributed by atoms with E-state index in [1.54, 1.807) is 31.2 Å². The number of benzene rings is 2. The standard InChI is InChI=1S/C25H31F2N3O3/c1-16-6-8-18(9-7-16)22(17(2)29-24(32)25(3,26)27)33-21-12-10-19(11-13-21)23(31)30-20-5-4-14-28-15-20/h6-13,17,20,22,28H,4-5,14-15H2,1-3H3,(H,29,32)(H,30,31)/t17?,20-,22+/m1/s1. The van der Waals surface area contributed by atoms with Crippen LogP contribution in [0.15, 0.2) is 48.5 Å². The second-order valence-electron chi connectivity index (χ2n) is 8.64. The zero-order valence-corrected chi connectivity index (χ0v) is 19.2. The highest BCUT2D eigenvalue weighted by Crippen LogP contribution is 2.26. The van der Waals surface area contributed by atoms with Crippen LogP contribution in [-0.4, -0.2) is 42.9 Å². The molecule has 178 valence electrons. The van der Waals surface area contributed by atoms with Crippen LogP contribution in [0.1, 0.15) is 54.3 Å². The summed E-state index contributed by atoms with van der Waals surface area (Å²) in [6.45, 7) is 5.84. The molecule has 1 unspecified atom stereocenters. The molecule has 0 bridgehead atoms. The van der Waals surface area contributed by atoms with E-state index >= 15 is 0 Å². The Morgan fingerprint density at radius 3 is 2.36 bits per heavy atom. The van der Waals surface area contributed by atoms with Crippen molar-refractivity contribution in [1.82, 2.24) is 16.0 Å². The van der Waals surface area contributed by atoms with E-state index in [1.807, 2.05) is 31.2 Å². The predicted molar refractivity (Wildman–Crippen MR) is 123 cm³/mol. The number of carbonyl (C=O) groups is 2. The van der Waals surface area contributed by atoms with Crippen LogP contribution in [-0.2, 0) is 4.79 Å². The molecule has 1 saturated heterocycles. The zero-order chi connectivity index (χ0) is 24.0. The first-order valence-corrected chi connectivity index (χ1v) is 11.2. The Balaban J connectivity index is 1.72. The van der Waals surface area contributed by atoms with Gasteiger partial charge in [-0.2, -0.15) is 8.78 Å². The van der Waals surface area contributed by atoms with Crippen molar-refractivity contribution in [2.75, 3.05) is 13.1 Å². The molecule has 0 radical (unpaired) electrons. The Morgan fingerprint density at radius 2 is 1.79 bits per heavy atom. The maximum Gasteiger partial charge on any atom is 0.321 e. The Morgan fingerprint density at radius 1 is 1.12 bits per heavy atom. The van der Waals surface area contributed by atoms with E-state index in [0.717, 1.165) is 37.1 Å². The highest BCUT2D eigenvalue weighted by Gasteiger charge is 2.35. The molecule has 0 aliphatic carbocycles. The first kappa shape index (κ1) is 24.6. The van der Waals surface area contributed by atoms with Crippen molar-refractivity contribution in [3.05, 3.63) is 65.2 Å². The minimum absolute atomic E-state index is 0.106. The van der Waals surface area contributed by atoms with Gasteiger partial charge in [-0.15, -0.1) is 0 Å². The van der Waals surface area contributed by atoms with Crippen molar-refractivity contribution < 1.29 is 23.1 Å². The number of piperidine rings is 1. The van der Waals surface area contributed by atoms with Crippen molar-refractivity contribution in [2.24, 2.45) is 0 Å². The summed E-state index contributed by atoms with van der Waals surface area (Å²) in [7, 11) is 0. The molecule has 8 heteroatoms. The SMILES string of the molecule is Cc1ccc([C@@H](Oc2ccc(C(=O)N[C@@H]3CCCNC3)cc2)C(C)NC(=O)C(C)(F)F)cc1. The number of carbonyl (C=O) groups excluding carboxylic acids is 2. The van der Waals surface area contributed by atoms with Crippen molar-refractivity contribution >= 4 is 11.8 Å². The minimum atomic E-state index is -3.49. The first-order chi connectivity index (χ1) is 15.6. The van der Waals surface area contributed by atoms with Gasteiger partial charge in [0.15, 0.2) is 0 Å². The Kier molecular flexibility index (Phi) is 8.02. The summed E-state index contributed by atoms with van der Waals surface area (Å²) in [5.74, 6) is -4.55. The number of hydrogen-bond donors (Lipinski definition) is 3. The van der Waals surface area contributed by atoms with Gasteiger partial charge in [0.25, 0.3) is 11.8 Å². The van der Waals surface area contributed by atoms with Crippen LogP contribution >= 0.6 is 0 Å². The number of nitrogens with one attached hydrogen (secondary N) is 3. The molecule has 0 saturated carbocycles. The summed E-state index contributed by atoms with van der Waals surface area (Å²) < 4.78 is 32.9. The van der Waals surface area contributed by atoms with Gasteiger partial charge in [-0.05, 0) is 63.1 Å². The topological polar surface area (TPSA) is 79.5 Å². The number of ether oxygens (including phenoxy) is 1. The van der Waals surface area contributed by atoms with Gasteiger partial charge in [-0.25, -0.2) is 0 Å². The smallest absolute Gasteiger partial charge is 0.321 e. The third kappa shape index (κ3) is 6.99. The molecule has 1 fully saturated rings. The summed E-state index contributed by atoms with van der Waals surface area (Å²) in [6.07, 6.45) is 1.26. The number of hydrogen-bond acceptors (Lipinski definition) is 4. The number of amides is 2. The molecule has 1 aliphatic rings. The van der Waals surface area contributed by atoms with Crippen LogP contribution in [0.25, 0.3) is 0 Å². The van der Waals surface area contributed by atoms with Gasteiger partial charge in [0.2, 0.25) is 0 Å². The molecule has 3 atom stereocenters. The van der Waals surface area contributed by atoms with Gasteiger partial charge in [0, 0.05) is 25.1 Å². The largest absolute Gasteiger partial charge is 0.484 e. The van der Waals surface area contributed by atoms with Crippen molar-refractivity contribution in [1.29, 1.82) is 0 Å². The molecule has 0 spiro atoms. The highest BCUT2D eigenvalue weighted by molar-refractivity contribution is 5.94. The maximum atomic E-state index is 13.4. The predicted octanol–water partition coefficient (Wildman–Crippen LogP) is 3.76. The average molecular weight is 460 g/mol. The van der Waals surface area contributed by atoms with Crippen LogP contribution in [0.5, 0.6) is 5.75 Å². The molecular weight excluding hydrogens is 428 g/mol. The molecule has 2 amide bonds. The number of rotatable bonds is 8. The summed E-state index contributed by atoms with van der Waals surface area (Å²) in [4.78, 5) is 24.4. The van der Waals surface area contributed by atoms with E-state index in [4.69, 9.17) is 4.74 Å². The van der Waals surface area contributed by atoms with Crippen LogP contribution < -0.4 is 20.7 Å². The van der Waals surface area contributed by atoms with Gasteiger partial charge in [0.1, 0.15) is 11.9 Å². The molecule has 3 rings (SSSR count). The average Bonchev–Trinajstić information content (AvgIpc) is 2.78. The minimum Gasteiger partial charge on any atom is -0.484 e. The fourth-order valence-corrected chi connectivity index (χ4v) is 3.70. The molecule has 1 aliphatic heterocycles. The third-order valence-corrected chi connectivity index (χ3v) is 5.63. The van der Waals surface area contributed by atoms with Crippen molar-refractivity contribution in [3.63, 3.8) is 0 Å². The quantitative estimate of drug-likeness (QED) is 0.562. The molecule has 2 aromatic carbocycles. The zero-order valence-electron chi connectivity index (χ0n) is 19.2. The summed E-state index contributed by atoms with van der Waals surface area (Å²) in [5.41, 5.74) is 2.28. The van der Waals surface area contributed by atoms with E-state index in [-0.39, 0.29) is 11.9 Å². The summed E-state index contributed by atoms with van der Waals surface area (Å²) >= 11 is 0. The van der Waals surface area contributed by atoms with Gasteiger partial charge >= 0.3 is 5.92 Å². The van der Waals surface area contributed by atoms with E-state index in [2.05, 4.69) is 16.0 Å². The van der Waals surface area contributed by atoms with E-state index < -0.39 is 24.0 Å². The molecule has 33 heavy (non-hydrogen) atoms. The van der Waals surface area contributed by atoms with Crippen LogP contribution in [0, 0.1) is 6.92 Å². The second-order valence-corrected chi connectivity index (χ2v) is 8.64. The molecule has 6 nitrogen and oxygen atoms in total. The van der Waals surface area contributed by atoms with Gasteiger partial charge in [-0.1, -0.05) is 29.8 Å². The molecule has 3 N–H and O–H groups in total. The Hall–Kier alpha value is -3.00. The van der Waals surface area contributed by atoms with Crippen molar-refractivity contribution in [3.8, 4) is 5.75 Å². The number of alkyl halides is 2. The van der Waals surface area contributed by atoms with Crippen molar-refractivity contribution in [2.45, 2.75) is 57.7 Å². The van der Waals surface area contributed by atoms with Crippen LogP contribution in [0.2, 0.25) is 0 Å². The highest BCUT2D eigenvalue weighted by atomic mass is 19.3. The molecular formula is C25H31F2N3O3. The molecule has 0 aromatic heterocycles. The van der Waals surface area contributed by atoms with E-state index in [0.29, 0.717) is 18.2 Å². The van der Waals surface area contributed by atoms with E-state index in [1.165, 1.54) is 0 Å². The van der Waals surface area contributed by atoms with E-state index in [9.17, 15) is 18.4 Å². The monoisotopic (exact) mass is 459 g/mol. The Bertz CT molecular complexity index is 937. The van der Waals surface area contributed by atoms with Crippen LogP contribution in [0.3, 0.4) is 0 Å². The van der Waals surface area contributed by atoms with Crippen LogP contribution in [0.4, 0.5) is 8.78 Å². The second kappa shape index (κ2) is 10.7. The lowest BCUT2D eigenvalue weighted by Crippen LogP contribution is -2.46. The maximum absolute atomic E-state index is 13.4. The lowest BCUT2D eigenvalue weighted by molar-refractivity contribution is -0.144. The fourth-order valence-electron chi connectivity index (χ4n) is 3.70. The summed E-state index contributed by atoms with van der Waals surface area (Å²) in [5, 5.41) is 8.63.